The van der Waals surface area contributed by atoms with E-state index in [1.54, 1.807) is 14.0 Å². The molecule has 102 valence electrons. The lowest BCUT2D eigenvalue weighted by Crippen LogP contribution is -2.46. The first kappa shape index (κ1) is 16.4. The minimum atomic E-state index is -0.981. The van der Waals surface area contributed by atoms with E-state index in [1.807, 2.05) is 13.8 Å². The third-order valence-electron chi connectivity index (χ3n) is 2.82. The van der Waals surface area contributed by atoms with Crippen molar-refractivity contribution in [1.29, 1.82) is 0 Å². The van der Waals surface area contributed by atoms with E-state index in [1.165, 1.54) is 7.11 Å². The highest BCUT2D eigenvalue weighted by Gasteiger charge is 2.29. The summed E-state index contributed by atoms with van der Waals surface area (Å²) in [5.74, 6) is -0.418. The van der Waals surface area contributed by atoms with Gasteiger partial charge in [-0.3, -0.25) is 4.79 Å². The molecule has 0 rings (SSSR count). The smallest absolute Gasteiger partial charge is 0.325 e. The molecule has 0 fully saturated rings. The van der Waals surface area contributed by atoms with Gasteiger partial charge in [0.05, 0.1) is 12.7 Å². The van der Waals surface area contributed by atoms with Gasteiger partial charge in [0.1, 0.15) is 5.54 Å². The van der Waals surface area contributed by atoms with Gasteiger partial charge in [-0.05, 0) is 33.6 Å². The highest BCUT2D eigenvalue weighted by molar-refractivity contribution is 5.79. The third-order valence-corrected chi connectivity index (χ3v) is 2.82. The van der Waals surface area contributed by atoms with E-state index < -0.39 is 11.5 Å². The van der Waals surface area contributed by atoms with Crippen LogP contribution < -0.4 is 5.73 Å². The summed E-state index contributed by atoms with van der Waals surface area (Å²) in [4.78, 5) is 11.3. The molecule has 0 saturated heterocycles. The van der Waals surface area contributed by atoms with E-state index in [0.717, 1.165) is 6.42 Å². The van der Waals surface area contributed by atoms with E-state index >= 15 is 0 Å². The standard InChI is InChI=1S/C12H25NO4/c1-11(2,16-5)6-8-17-9-7-12(3,13)10(14)15-4/h6-9,13H2,1-5H3. The first-order chi connectivity index (χ1) is 7.75. The van der Waals surface area contributed by atoms with Crippen molar-refractivity contribution in [3.63, 3.8) is 0 Å². The maximum atomic E-state index is 11.3. The molecule has 2 N–H and O–H groups in total. The van der Waals surface area contributed by atoms with Crippen LogP contribution in [0.3, 0.4) is 0 Å². The zero-order valence-electron chi connectivity index (χ0n) is 11.5. The van der Waals surface area contributed by atoms with Gasteiger partial charge in [0.15, 0.2) is 0 Å². The third kappa shape index (κ3) is 6.61. The molecule has 0 saturated carbocycles. The molecule has 1 atom stereocenters. The van der Waals surface area contributed by atoms with Crippen LogP contribution in [0.1, 0.15) is 33.6 Å². The van der Waals surface area contributed by atoms with Gasteiger partial charge in [-0.15, -0.1) is 0 Å². The van der Waals surface area contributed by atoms with Crippen LogP contribution >= 0.6 is 0 Å². The summed E-state index contributed by atoms with van der Waals surface area (Å²) in [6.07, 6.45) is 1.23. The van der Waals surface area contributed by atoms with Crippen LogP contribution in [-0.4, -0.2) is 44.5 Å². The van der Waals surface area contributed by atoms with Gasteiger partial charge < -0.3 is 19.9 Å². The molecular formula is C12H25NO4. The second-order valence-electron chi connectivity index (χ2n) is 4.99. The van der Waals surface area contributed by atoms with Crippen molar-refractivity contribution >= 4 is 5.97 Å². The second kappa shape index (κ2) is 6.93. The predicted molar refractivity (Wildman–Crippen MR) is 65.7 cm³/mol. The number of hydrogen-bond donors (Lipinski definition) is 1. The normalized spacial score (nSPS) is 15.4. The Bertz CT molecular complexity index is 239. The summed E-state index contributed by atoms with van der Waals surface area (Å²) >= 11 is 0. The van der Waals surface area contributed by atoms with Gasteiger partial charge in [0, 0.05) is 20.3 Å². The Hall–Kier alpha value is -0.650. The molecule has 0 aromatic rings. The molecule has 0 amide bonds. The summed E-state index contributed by atoms with van der Waals surface area (Å²) < 4.78 is 15.3. The van der Waals surface area contributed by atoms with Gasteiger partial charge in [-0.1, -0.05) is 0 Å². The van der Waals surface area contributed by atoms with Crippen molar-refractivity contribution in [2.75, 3.05) is 27.4 Å². The number of esters is 1. The number of hydrogen-bond acceptors (Lipinski definition) is 5. The lowest BCUT2D eigenvalue weighted by molar-refractivity contribution is -0.147. The summed E-state index contributed by atoms with van der Waals surface area (Å²) in [7, 11) is 3.00. The number of methoxy groups -OCH3 is 2. The number of carbonyl (C=O) groups is 1. The van der Waals surface area contributed by atoms with Crippen molar-refractivity contribution in [2.24, 2.45) is 5.73 Å². The fraction of sp³-hybridized carbons (Fsp3) is 0.917. The molecule has 5 heteroatoms. The van der Waals surface area contributed by atoms with E-state index in [4.69, 9.17) is 15.2 Å². The van der Waals surface area contributed by atoms with Crippen LogP contribution in [0.15, 0.2) is 0 Å². The topological polar surface area (TPSA) is 70.8 Å². The van der Waals surface area contributed by atoms with Crippen LogP contribution in [-0.2, 0) is 19.0 Å². The molecule has 0 aliphatic carbocycles. The van der Waals surface area contributed by atoms with Crippen molar-refractivity contribution in [2.45, 2.75) is 44.8 Å². The Labute approximate surface area is 104 Å². The number of nitrogens with two attached hydrogens (primary N) is 1. The van der Waals surface area contributed by atoms with Crippen molar-refractivity contribution < 1.29 is 19.0 Å². The minimum Gasteiger partial charge on any atom is -0.468 e. The van der Waals surface area contributed by atoms with Crippen molar-refractivity contribution in [1.82, 2.24) is 0 Å². The fourth-order valence-corrected chi connectivity index (χ4v) is 1.14. The summed E-state index contributed by atoms with van der Waals surface area (Å²) in [5, 5.41) is 0. The van der Waals surface area contributed by atoms with Crippen LogP contribution in [0.2, 0.25) is 0 Å². The van der Waals surface area contributed by atoms with E-state index in [-0.39, 0.29) is 5.60 Å². The summed E-state index contributed by atoms with van der Waals surface area (Å²) in [6, 6.07) is 0. The number of rotatable bonds is 8. The van der Waals surface area contributed by atoms with Gasteiger partial charge in [-0.25, -0.2) is 0 Å². The summed E-state index contributed by atoms with van der Waals surface area (Å²) in [5.41, 5.74) is 4.62. The van der Waals surface area contributed by atoms with Gasteiger partial charge >= 0.3 is 5.97 Å². The number of ether oxygens (including phenoxy) is 3. The molecular weight excluding hydrogens is 222 g/mol. The molecule has 0 aromatic carbocycles. The molecule has 5 nitrogen and oxygen atoms in total. The highest BCUT2D eigenvalue weighted by Crippen LogP contribution is 2.13. The average molecular weight is 247 g/mol. The zero-order valence-corrected chi connectivity index (χ0v) is 11.5. The van der Waals surface area contributed by atoms with Crippen molar-refractivity contribution in [3.05, 3.63) is 0 Å². The predicted octanol–water partition coefficient (Wildman–Crippen LogP) is 1.10. The molecule has 0 aliphatic heterocycles. The Balaban J connectivity index is 3.75. The first-order valence-corrected chi connectivity index (χ1v) is 5.75. The number of carbonyl (C=O) groups excluding carboxylic acids is 1. The van der Waals surface area contributed by atoms with Gasteiger partial charge in [0.2, 0.25) is 0 Å². The fourth-order valence-electron chi connectivity index (χ4n) is 1.14. The Kier molecular flexibility index (Phi) is 6.67. The molecule has 0 aliphatic rings. The van der Waals surface area contributed by atoms with E-state index in [0.29, 0.717) is 19.6 Å². The molecule has 1 unspecified atom stereocenters. The molecule has 0 radical (unpaired) electrons. The van der Waals surface area contributed by atoms with Crippen LogP contribution in [0.25, 0.3) is 0 Å². The van der Waals surface area contributed by atoms with Crippen molar-refractivity contribution in [3.8, 4) is 0 Å². The quantitative estimate of drug-likeness (QED) is 0.513. The van der Waals surface area contributed by atoms with Crippen LogP contribution in [0, 0.1) is 0 Å². The molecule has 0 heterocycles. The average Bonchev–Trinajstić information content (AvgIpc) is 2.27. The lowest BCUT2D eigenvalue weighted by atomic mass is 10.0. The minimum absolute atomic E-state index is 0.186. The highest BCUT2D eigenvalue weighted by atomic mass is 16.5. The van der Waals surface area contributed by atoms with Gasteiger partial charge in [-0.2, -0.15) is 0 Å². The van der Waals surface area contributed by atoms with E-state index in [2.05, 4.69) is 4.74 Å². The SMILES string of the molecule is COC(=O)C(C)(N)CCOCCC(C)(C)OC. The summed E-state index contributed by atoms with van der Waals surface area (Å²) in [6.45, 7) is 6.65. The van der Waals surface area contributed by atoms with Gasteiger partial charge in [0.25, 0.3) is 0 Å². The Morgan fingerprint density at radius 2 is 1.65 bits per heavy atom. The first-order valence-electron chi connectivity index (χ1n) is 5.75. The Morgan fingerprint density at radius 3 is 2.12 bits per heavy atom. The molecule has 0 spiro atoms. The maximum absolute atomic E-state index is 11.3. The Morgan fingerprint density at radius 1 is 1.12 bits per heavy atom. The monoisotopic (exact) mass is 247 g/mol. The second-order valence-corrected chi connectivity index (χ2v) is 4.99. The lowest BCUT2D eigenvalue weighted by Gasteiger charge is -2.24. The van der Waals surface area contributed by atoms with Crippen LogP contribution in [0.5, 0.6) is 0 Å². The maximum Gasteiger partial charge on any atom is 0.325 e. The van der Waals surface area contributed by atoms with Crippen LogP contribution in [0.4, 0.5) is 0 Å². The molecule has 0 bridgehead atoms. The molecule has 17 heavy (non-hydrogen) atoms. The largest absolute Gasteiger partial charge is 0.468 e. The molecule has 0 aromatic heterocycles. The zero-order chi connectivity index (χ0) is 13.5. The van der Waals surface area contributed by atoms with E-state index in [9.17, 15) is 4.79 Å².